The predicted octanol–water partition coefficient (Wildman–Crippen LogP) is 1.99. The van der Waals surface area contributed by atoms with E-state index in [4.69, 9.17) is 0 Å². The third kappa shape index (κ3) is 4.59. The zero-order valence-corrected chi connectivity index (χ0v) is 12.7. The van der Waals surface area contributed by atoms with Crippen LogP contribution in [-0.2, 0) is 16.0 Å². The smallest absolute Gasteiger partial charge is 0.227 e. The van der Waals surface area contributed by atoms with Crippen molar-refractivity contribution in [1.82, 2.24) is 10.2 Å². The highest BCUT2D eigenvalue weighted by atomic mass is 16.2. The first-order valence-corrected chi connectivity index (χ1v) is 7.80. The summed E-state index contributed by atoms with van der Waals surface area (Å²) in [6.45, 7) is 4.08. The molecule has 0 spiro atoms. The van der Waals surface area contributed by atoms with Gasteiger partial charge in [0.25, 0.3) is 0 Å². The number of hydrogen-bond donors (Lipinski definition) is 1. The van der Waals surface area contributed by atoms with E-state index in [1.165, 1.54) is 0 Å². The molecular formula is C17H24N2O2. The van der Waals surface area contributed by atoms with Crippen molar-refractivity contribution in [2.75, 3.05) is 19.6 Å². The lowest BCUT2D eigenvalue weighted by Crippen LogP contribution is -2.46. The number of piperidine rings is 1. The van der Waals surface area contributed by atoms with E-state index < -0.39 is 0 Å². The zero-order valence-electron chi connectivity index (χ0n) is 12.7. The van der Waals surface area contributed by atoms with Crippen molar-refractivity contribution in [2.24, 2.45) is 5.92 Å². The summed E-state index contributed by atoms with van der Waals surface area (Å²) < 4.78 is 0. The molecule has 1 unspecified atom stereocenters. The molecule has 1 fully saturated rings. The second-order valence-corrected chi connectivity index (χ2v) is 5.63. The van der Waals surface area contributed by atoms with E-state index in [9.17, 15) is 9.59 Å². The number of benzene rings is 1. The minimum atomic E-state index is -0.0509. The molecule has 0 aromatic heterocycles. The van der Waals surface area contributed by atoms with E-state index in [-0.39, 0.29) is 17.7 Å². The maximum Gasteiger partial charge on any atom is 0.227 e. The van der Waals surface area contributed by atoms with Crippen molar-refractivity contribution in [3.8, 4) is 0 Å². The number of likely N-dealkylation sites (tertiary alicyclic amines) is 1. The summed E-state index contributed by atoms with van der Waals surface area (Å²) in [4.78, 5) is 26.2. The van der Waals surface area contributed by atoms with Gasteiger partial charge in [-0.2, -0.15) is 0 Å². The molecule has 1 N–H and O–H groups in total. The molecule has 0 bridgehead atoms. The lowest BCUT2D eigenvalue weighted by molar-refractivity contribution is -0.135. The number of nitrogens with zero attached hydrogens (tertiary/aromatic N) is 1. The highest BCUT2D eigenvalue weighted by Crippen LogP contribution is 2.17. The zero-order chi connectivity index (χ0) is 15.1. The van der Waals surface area contributed by atoms with E-state index in [0.717, 1.165) is 31.4 Å². The van der Waals surface area contributed by atoms with Crippen LogP contribution in [-0.4, -0.2) is 36.3 Å². The Morgan fingerprint density at radius 3 is 2.76 bits per heavy atom. The van der Waals surface area contributed by atoms with Crippen molar-refractivity contribution in [1.29, 1.82) is 0 Å². The van der Waals surface area contributed by atoms with Crippen molar-refractivity contribution in [3.63, 3.8) is 0 Å². The van der Waals surface area contributed by atoms with Crippen LogP contribution in [0.25, 0.3) is 0 Å². The number of rotatable bonds is 5. The quantitative estimate of drug-likeness (QED) is 0.901. The molecular weight excluding hydrogens is 264 g/mol. The average Bonchev–Trinajstić information content (AvgIpc) is 2.53. The fraction of sp³-hybridized carbons (Fsp3) is 0.529. The Morgan fingerprint density at radius 1 is 1.29 bits per heavy atom. The SMILES string of the molecule is CCCNC(=O)C1CCCN(C(=O)Cc2ccccc2)C1. The Bertz CT molecular complexity index is 473. The maximum absolute atomic E-state index is 12.3. The molecule has 2 rings (SSSR count). The van der Waals surface area contributed by atoms with Gasteiger partial charge in [-0.3, -0.25) is 9.59 Å². The van der Waals surface area contributed by atoms with Crippen LogP contribution in [0, 0.1) is 5.92 Å². The van der Waals surface area contributed by atoms with E-state index in [2.05, 4.69) is 5.32 Å². The minimum absolute atomic E-state index is 0.0509. The number of carbonyl (C=O) groups excluding carboxylic acids is 2. The summed E-state index contributed by atoms with van der Waals surface area (Å²) in [6.07, 6.45) is 3.15. The molecule has 1 saturated heterocycles. The van der Waals surface area contributed by atoms with Crippen molar-refractivity contribution < 1.29 is 9.59 Å². The van der Waals surface area contributed by atoms with Gasteiger partial charge in [0, 0.05) is 19.6 Å². The first kappa shape index (κ1) is 15.5. The van der Waals surface area contributed by atoms with E-state index in [0.29, 0.717) is 19.5 Å². The molecule has 4 nitrogen and oxygen atoms in total. The standard InChI is InChI=1S/C17H24N2O2/c1-2-10-18-17(21)15-9-6-11-19(13-15)16(20)12-14-7-4-3-5-8-14/h3-5,7-8,15H,2,6,9-13H2,1H3,(H,18,21). The van der Waals surface area contributed by atoms with Gasteiger partial charge < -0.3 is 10.2 Å². The van der Waals surface area contributed by atoms with E-state index >= 15 is 0 Å². The second-order valence-electron chi connectivity index (χ2n) is 5.63. The Hall–Kier alpha value is -1.84. The van der Waals surface area contributed by atoms with Gasteiger partial charge in [0.1, 0.15) is 0 Å². The highest BCUT2D eigenvalue weighted by molar-refractivity contribution is 5.82. The first-order valence-electron chi connectivity index (χ1n) is 7.80. The van der Waals surface area contributed by atoms with E-state index in [1.54, 1.807) is 0 Å². The third-order valence-electron chi connectivity index (χ3n) is 3.89. The second kappa shape index (κ2) is 7.81. The molecule has 0 aliphatic carbocycles. The molecule has 1 heterocycles. The lowest BCUT2D eigenvalue weighted by Gasteiger charge is -2.32. The van der Waals surface area contributed by atoms with E-state index in [1.807, 2.05) is 42.2 Å². The Morgan fingerprint density at radius 2 is 2.05 bits per heavy atom. The number of nitrogens with one attached hydrogen (secondary N) is 1. The largest absolute Gasteiger partial charge is 0.356 e. The summed E-state index contributed by atoms with van der Waals surface area (Å²) >= 11 is 0. The van der Waals surface area contributed by atoms with Crippen molar-refractivity contribution in [3.05, 3.63) is 35.9 Å². The van der Waals surface area contributed by atoms with Crippen LogP contribution >= 0.6 is 0 Å². The molecule has 1 aliphatic heterocycles. The predicted molar refractivity (Wildman–Crippen MR) is 82.8 cm³/mol. The minimum Gasteiger partial charge on any atom is -0.356 e. The van der Waals surface area contributed by atoms with Gasteiger partial charge in [0.05, 0.1) is 12.3 Å². The molecule has 2 amide bonds. The Kier molecular flexibility index (Phi) is 5.78. The highest BCUT2D eigenvalue weighted by Gasteiger charge is 2.27. The van der Waals surface area contributed by atoms with Crippen molar-refractivity contribution >= 4 is 11.8 Å². The van der Waals surface area contributed by atoms with Crippen LogP contribution in [0.4, 0.5) is 0 Å². The summed E-state index contributed by atoms with van der Waals surface area (Å²) in [5, 5.41) is 2.93. The molecule has 0 radical (unpaired) electrons. The fourth-order valence-corrected chi connectivity index (χ4v) is 2.69. The summed E-state index contributed by atoms with van der Waals surface area (Å²) in [5.74, 6) is 0.160. The molecule has 114 valence electrons. The molecule has 1 aromatic carbocycles. The van der Waals surface area contributed by atoms with Gasteiger partial charge in [-0.1, -0.05) is 37.3 Å². The fourth-order valence-electron chi connectivity index (χ4n) is 2.69. The van der Waals surface area contributed by atoms with Crippen LogP contribution in [0.3, 0.4) is 0 Å². The monoisotopic (exact) mass is 288 g/mol. The van der Waals surface area contributed by atoms with Crippen LogP contribution in [0.1, 0.15) is 31.7 Å². The summed E-state index contributed by atoms with van der Waals surface area (Å²) in [5.41, 5.74) is 1.03. The summed E-state index contributed by atoms with van der Waals surface area (Å²) in [6, 6.07) is 9.77. The lowest BCUT2D eigenvalue weighted by atomic mass is 9.96. The number of carbonyl (C=O) groups is 2. The van der Waals surface area contributed by atoms with Gasteiger partial charge in [-0.25, -0.2) is 0 Å². The van der Waals surface area contributed by atoms with Crippen LogP contribution in [0.5, 0.6) is 0 Å². The first-order chi connectivity index (χ1) is 10.2. The van der Waals surface area contributed by atoms with Crippen LogP contribution < -0.4 is 5.32 Å². The molecule has 4 heteroatoms. The molecule has 1 aliphatic rings. The molecule has 1 atom stereocenters. The Labute approximate surface area is 126 Å². The van der Waals surface area contributed by atoms with Gasteiger partial charge in [0.2, 0.25) is 11.8 Å². The number of amides is 2. The molecule has 0 saturated carbocycles. The molecule has 1 aromatic rings. The average molecular weight is 288 g/mol. The third-order valence-corrected chi connectivity index (χ3v) is 3.89. The topological polar surface area (TPSA) is 49.4 Å². The maximum atomic E-state index is 12.3. The normalized spacial score (nSPS) is 18.3. The van der Waals surface area contributed by atoms with Gasteiger partial charge in [0.15, 0.2) is 0 Å². The van der Waals surface area contributed by atoms with Gasteiger partial charge in [-0.05, 0) is 24.8 Å². The van der Waals surface area contributed by atoms with Crippen LogP contribution in [0.2, 0.25) is 0 Å². The number of hydrogen-bond acceptors (Lipinski definition) is 2. The van der Waals surface area contributed by atoms with Crippen molar-refractivity contribution in [2.45, 2.75) is 32.6 Å². The Balaban J connectivity index is 1.88. The summed E-state index contributed by atoms with van der Waals surface area (Å²) in [7, 11) is 0. The van der Waals surface area contributed by atoms with Gasteiger partial charge in [-0.15, -0.1) is 0 Å². The van der Waals surface area contributed by atoms with Gasteiger partial charge >= 0.3 is 0 Å². The molecule has 21 heavy (non-hydrogen) atoms. The van der Waals surface area contributed by atoms with Crippen LogP contribution in [0.15, 0.2) is 30.3 Å².